The van der Waals surface area contributed by atoms with E-state index in [1.165, 1.54) is 93.3 Å². The molecule has 1 heteroatoms. The van der Waals surface area contributed by atoms with Crippen LogP contribution in [-0.2, 0) is 5.41 Å². The van der Waals surface area contributed by atoms with Crippen molar-refractivity contribution >= 4 is 54.3 Å². The highest BCUT2D eigenvalue weighted by Crippen LogP contribution is 2.54. The number of fused-ring (bicyclic) bond motifs is 11. The summed E-state index contributed by atoms with van der Waals surface area (Å²) in [6, 6.07) is 62.3. The molecule has 11 rings (SSSR count). The molecule has 244 valence electrons. The maximum absolute atomic E-state index is 6.86. The van der Waals surface area contributed by atoms with Gasteiger partial charge in [0, 0.05) is 27.1 Å². The Labute approximate surface area is 302 Å². The molecule has 0 spiro atoms. The average Bonchev–Trinajstić information content (AvgIpc) is 3.69. The Bertz CT molecular complexity index is 3030. The third kappa shape index (κ3) is 4.05. The lowest BCUT2D eigenvalue weighted by molar-refractivity contribution is 0.621. The van der Waals surface area contributed by atoms with Crippen LogP contribution in [0.1, 0.15) is 25.0 Å². The largest absolute Gasteiger partial charge is 0.455 e. The highest BCUT2D eigenvalue weighted by Gasteiger charge is 2.38. The van der Waals surface area contributed by atoms with Gasteiger partial charge in [0.25, 0.3) is 0 Å². The molecule has 10 aromatic rings. The Morgan fingerprint density at radius 2 is 0.923 bits per heavy atom. The molecule has 0 unspecified atom stereocenters. The van der Waals surface area contributed by atoms with Crippen LogP contribution in [0.25, 0.3) is 98.8 Å². The van der Waals surface area contributed by atoms with Crippen molar-refractivity contribution < 1.29 is 4.42 Å². The average molecular weight is 663 g/mol. The van der Waals surface area contributed by atoms with Crippen LogP contribution in [0.5, 0.6) is 0 Å². The molecule has 0 amide bonds. The number of hydrogen-bond donors (Lipinski definition) is 0. The number of rotatable bonds is 3. The maximum Gasteiger partial charge on any atom is 0.143 e. The summed E-state index contributed by atoms with van der Waals surface area (Å²) in [5.41, 5.74) is 14.4. The van der Waals surface area contributed by atoms with Crippen LogP contribution >= 0.6 is 0 Å². The van der Waals surface area contributed by atoms with Crippen molar-refractivity contribution in [2.24, 2.45) is 0 Å². The summed E-state index contributed by atoms with van der Waals surface area (Å²) in [6.07, 6.45) is 0. The van der Waals surface area contributed by atoms with Gasteiger partial charge in [-0.2, -0.15) is 0 Å². The molecule has 0 radical (unpaired) electrons. The van der Waals surface area contributed by atoms with E-state index in [2.05, 4.69) is 184 Å². The van der Waals surface area contributed by atoms with Crippen LogP contribution in [0.15, 0.2) is 174 Å². The van der Waals surface area contributed by atoms with E-state index in [4.69, 9.17) is 4.42 Å². The molecule has 0 saturated carbocycles. The molecular formula is C51H34O. The highest BCUT2D eigenvalue weighted by molar-refractivity contribution is 6.21. The summed E-state index contributed by atoms with van der Waals surface area (Å²) in [6.45, 7) is 4.69. The fourth-order valence-electron chi connectivity index (χ4n) is 9.25. The second kappa shape index (κ2) is 10.8. The molecule has 0 atom stereocenters. The van der Waals surface area contributed by atoms with Crippen molar-refractivity contribution in [1.29, 1.82) is 0 Å². The van der Waals surface area contributed by atoms with Gasteiger partial charge in [-0.3, -0.25) is 0 Å². The lowest BCUT2D eigenvalue weighted by Crippen LogP contribution is -2.15. The zero-order valence-electron chi connectivity index (χ0n) is 29.1. The van der Waals surface area contributed by atoms with E-state index in [1.807, 2.05) is 0 Å². The van der Waals surface area contributed by atoms with Crippen molar-refractivity contribution in [2.45, 2.75) is 19.3 Å². The maximum atomic E-state index is 6.86. The number of hydrogen-bond acceptors (Lipinski definition) is 1. The van der Waals surface area contributed by atoms with Crippen LogP contribution in [0.2, 0.25) is 0 Å². The minimum Gasteiger partial charge on any atom is -0.455 e. The van der Waals surface area contributed by atoms with Gasteiger partial charge >= 0.3 is 0 Å². The van der Waals surface area contributed by atoms with Crippen LogP contribution in [0, 0.1) is 0 Å². The van der Waals surface area contributed by atoms with E-state index < -0.39 is 0 Å². The zero-order valence-corrected chi connectivity index (χ0v) is 29.1. The van der Waals surface area contributed by atoms with E-state index in [-0.39, 0.29) is 5.41 Å². The molecule has 1 nitrogen and oxygen atoms in total. The standard InChI is InChI=1S/C51H34O/c1-51(2)45-28-24-34(30-44(45)41-26-27-43-42-25-23-31-13-6-7-18-36(31)49(42)52-50(43)48(41)51)33-16-12-17-35(29-33)47-39-21-10-8-19-37(39)46(32-14-4-3-5-15-32)38-20-9-11-22-40(38)47/h3-30H,1-2H3. The van der Waals surface area contributed by atoms with Crippen LogP contribution in [-0.4, -0.2) is 0 Å². The van der Waals surface area contributed by atoms with Gasteiger partial charge in [0.1, 0.15) is 11.2 Å². The summed E-state index contributed by atoms with van der Waals surface area (Å²) in [5, 5.41) is 9.81. The van der Waals surface area contributed by atoms with Gasteiger partial charge in [0.15, 0.2) is 0 Å². The van der Waals surface area contributed by atoms with E-state index in [0.717, 1.165) is 16.6 Å². The summed E-state index contributed by atoms with van der Waals surface area (Å²) < 4.78 is 6.86. The minimum atomic E-state index is -0.202. The summed E-state index contributed by atoms with van der Waals surface area (Å²) in [5.74, 6) is 0. The smallest absolute Gasteiger partial charge is 0.143 e. The quantitative estimate of drug-likeness (QED) is 0.172. The molecule has 0 fully saturated rings. The van der Waals surface area contributed by atoms with Crippen molar-refractivity contribution in [2.75, 3.05) is 0 Å². The Hall–Kier alpha value is -6.44. The Kier molecular flexibility index (Phi) is 6.08. The third-order valence-electron chi connectivity index (χ3n) is 11.6. The van der Waals surface area contributed by atoms with Crippen LogP contribution in [0.4, 0.5) is 0 Å². The molecule has 1 aliphatic carbocycles. The fraction of sp³-hybridized carbons (Fsp3) is 0.0588. The number of furan rings is 1. The molecular weight excluding hydrogens is 629 g/mol. The van der Waals surface area contributed by atoms with Gasteiger partial charge in [0.05, 0.1) is 0 Å². The number of benzene rings is 9. The Morgan fingerprint density at radius 3 is 1.65 bits per heavy atom. The molecule has 9 aromatic carbocycles. The van der Waals surface area contributed by atoms with E-state index in [0.29, 0.717) is 0 Å². The predicted octanol–water partition coefficient (Wildman–Crippen LogP) is 14.4. The molecule has 0 saturated heterocycles. The van der Waals surface area contributed by atoms with Gasteiger partial charge in [-0.25, -0.2) is 0 Å². The second-order valence-corrected chi connectivity index (χ2v) is 14.8. The lowest BCUT2D eigenvalue weighted by atomic mass is 9.81. The molecule has 1 heterocycles. The normalized spacial score (nSPS) is 13.3. The van der Waals surface area contributed by atoms with E-state index >= 15 is 0 Å². The predicted molar refractivity (Wildman–Crippen MR) is 220 cm³/mol. The monoisotopic (exact) mass is 662 g/mol. The molecule has 52 heavy (non-hydrogen) atoms. The van der Waals surface area contributed by atoms with Crippen molar-refractivity contribution in [1.82, 2.24) is 0 Å². The molecule has 0 bridgehead atoms. The molecule has 0 N–H and O–H groups in total. The zero-order chi connectivity index (χ0) is 34.6. The first kappa shape index (κ1) is 29.3. The first-order valence-corrected chi connectivity index (χ1v) is 18.2. The van der Waals surface area contributed by atoms with E-state index in [9.17, 15) is 0 Å². The SMILES string of the molecule is CC1(C)c2ccc(-c3cccc(-c4c5ccccc5c(-c5ccccc5)c5ccccc45)c3)cc2-c2ccc3c(oc4c5ccccc5ccc34)c21. The van der Waals surface area contributed by atoms with E-state index in [1.54, 1.807) is 0 Å². The second-order valence-electron chi connectivity index (χ2n) is 14.8. The Balaban J connectivity index is 1.09. The van der Waals surface area contributed by atoms with Crippen molar-refractivity contribution in [3.8, 4) is 44.5 Å². The van der Waals surface area contributed by atoms with Gasteiger partial charge in [0.2, 0.25) is 0 Å². The van der Waals surface area contributed by atoms with Gasteiger partial charge < -0.3 is 4.42 Å². The molecule has 1 aromatic heterocycles. The first-order valence-electron chi connectivity index (χ1n) is 18.2. The van der Waals surface area contributed by atoms with Crippen molar-refractivity contribution in [3.63, 3.8) is 0 Å². The van der Waals surface area contributed by atoms with Gasteiger partial charge in [-0.05, 0) is 101 Å². The highest BCUT2D eigenvalue weighted by atomic mass is 16.3. The topological polar surface area (TPSA) is 13.1 Å². The third-order valence-corrected chi connectivity index (χ3v) is 11.6. The molecule has 0 aliphatic heterocycles. The summed E-state index contributed by atoms with van der Waals surface area (Å²) in [7, 11) is 0. The lowest BCUT2D eigenvalue weighted by Gasteiger charge is -2.21. The van der Waals surface area contributed by atoms with Gasteiger partial charge in [-0.1, -0.05) is 159 Å². The summed E-state index contributed by atoms with van der Waals surface area (Å²) >= 11 is 0. The minimum absolute atomic E-state index is 0.202. The molecule has 1 aliphatic rings. The first-order chi connectivity index (χ1) is 25.6. The van der Waals surface area contributed by atoms with Crippen molar-refractivity contribution in [3.05, 3.63) is 181 Å². The van der Waals surface area contributed by atoms with Crippen LogP contribution < -0.4 is 0 Å². The van der Waals surface area contributed by atoms with Crippen LogP contribution in [0.3, 0.4) is 0 Å². The fourth-order valence-corrected chi connectivity index (χ4v) is 9.25. The van der Waals surface area contributed by atoms with Gasteiger partial charge in [-0.15, -0.1) is 0 Å². The Morgan fingerprint density at radius 1 is 0.365 bits per heavy atom. The summed E-state index contributed by atoms with van der Waals surface area (Å²) in [4.78, 5) is 0.